The van der Waals surface area contributed by atoms with E-state index in [-0.39, 0.29) is 17.3 Å². The molecule has 0 saturated carbocycles. The highest BCUT2D eigenvalue weighted by molar-refractivity contribution is 7.20. The number of thiophene rings is 1. The van der Waals surface area contributed by atoms with E-state index >= 15 is 0 Å². The molecule has 1 aromatic carbocycles. The van der Waals surface area contributed by atoms with Gasteiger partial charge in [0.1, 0.15) is 22.2 Å². The normalized spacial score (nSPS) is 11.4. The molecule has 0 aliphatic carbocycles. The molecule has 4 aromatic heterocycles. The van der Waals surface area contributed by atoms with Crippen LogP contribution < -0.4 is 10.9 Å². The summed E-state index contributed by atoms with van der Waals surface area (Å²) in [4.78, 5) is 36.1. The van der Waals surface area contributed by atoms with Crippen molar-refractivity contribution in [3.05, 3.63) is 68.8 Å². The van der Waals surface area contributed by atoms with Gasteiger partial charge in [0, 0.05) is 24.2 Å². The second kappa shape index (κ2) is 6.85. The number of carbonyl (C=O) groups excluding carboxylic acids is 1. The summed E-state index contributed by atoms with van der Waals surface area (Å²) in [5.41, 5.74) is 1.63. The van der Waals surface area contributed by atoms with Crippen LogP contribution in [-0.4, -0.2) is 24.8 Å². The van der Waals surface area contributed by atoms with Crippen LogP contribution in [0, 0.1) is 12.7 Å². The molecule has 4 heterocycles. The number of hydrogen-bond donors (Lipinski definition) is 1. The third-order valence-corrected chi connectivity index (χ3v) is 6.78. The molecule has 10 heteroatoms. The van der Waals surface area contributed by atoms with Crippen molar-refractivity contribution >= 4 is 49.6 Å². The molecule has 0 spiro atoms. The Labute approximate surface area is 177 Å². The minimum Gasteiger partial charge on any atom is -0.305 e. The quantitative estimate of drug-likeness (QED) is 0.460. The van der Waals surface area contributed by atoms with Crippen molar-refractivity contribution in [3.63, 3.8) is 0 Å². The maximum atomic E-state index is 13.4. The number of nitrogens with one attached hydrogen (secondary N) is 1. The first-order valence-corrected chi connectivity index (χ1v) is 10.6. The van der Waals surface area contributed by atoms with E-state index in [9.17, 15) is 14.0 Å². The molecule has 0 radical (unpaired) electrons. The number of imidazole rings is 1. The van der Waals surface area contributed by atoms with Crippen LogP contribution in [0.2, 0.25) is 0 Å². The lowest BCUT2D eigenvalue weighted by Crippen LogP contribution is -2.17. The van der Waals surface area contributed by atoms with E-state index in [2.05, 4.69) is 15.3 Å². The zero-order valence-electron chi connectivity index (χ0n) is 15.8. The molecule has 0 atom stereocenters. The Hall–Kier alpha value is -3.37. The fourth-order valence-electron chi connectivity index (χ4n) is 3.30. The van der Waals surface area contributed by atoms with Gasteiger partial charge in [0.15, 0.2) is 4.96 Å². The molecular weight excluding hydrogens is 425 g/mol. The number of aromatic nitrogens is 4. The first-order chi connectivity index (χ1) is 14.4. The number of hydrogen-bond acceptors (Lipinski definition) is 6. The summed E-state index contributed by atoms with van der Waals surface area (Å²) in [5, 5.41) is 5.25. The Morgan fingerprint density at radius 2 is 2.00 bits per heavy atom. The number of anilines is 1. The molecule has 1 N–H and O–H groups in total. The molecule has 0 saturated heterocycles. The lowest BCUT2D eigenvalue weighted by atomic mass is 10.1. The average molecular weight is 439 g/mol. The predicted molar refractivity (Wildman–Crippen MR) is 116 cm³/mol. The SMILES string of the molecule is Cc1c(C(=O)Nc2c(-c3ccc(F)cc3)nc3sccn23)sc2ncn(C)c(=O)c12. The fourth-order valence-corrected chi connectivity index (χ4v) is 5.05. The second-order valence-corrected chi connectivity index (χ2v) is 8.59. The number of rotatable bonds is 3. The van der Waals surface area contributed by atoms with E-state index in [4.69, 9.17) is 0 Å². The van der Waals surface area contributed by atoms with Crippen molar-refractivity contribution in [3.8, 4) is 11.3 Å². The monoisotopic (exact) mass is 439 g/mol. The predicted octanol–water partition coefficient (Wildman–Crippen LogP) is 4.07. The van der Waals surface area contributed by atoms with E-state index in [0.29, 0.717) is 42.7 Å². The number of benzene rings is 1. The number of nitrogens with zero attached hydrogens (tertiary/aromatic N) is 4. The molecule has 1 amide bonds. The van der Waals surface area contributed by atoms with Gasteiger partial charge in [-0.3, -0.25) is 14.0 Å². The average Bonchev–Trinajstić information content (AvgIpc) is 3.40. The first-order valence-electron chi connectivity index (χ1n) is 8.91. The van der Waals surface area contributed by atoms with Crippen molar-refractivity contribution in [1.29, 1.82) is 0 Å². The van der Waals surface area contributed by atoms with Crippen LogP contribution in [0.25, 0.3) is 26.4 Å². The summed E-state index contributed by atoms with van der Waals surface area (Å²) in [6.45, 7) is 1.74. The molecule has 0 aliphatic rings. The van der Waals surface area contributed by atoms with Crippen molar-refractivity contribution < 1.29 is 9.18 Å². The number of carbonyl (C=O) groups is 1. The summed E-state index contributed by atoms with van der Waals surface area (Å²) in [6, 6.07) is 5.95. The minimum atomic E-state index is -0.353. The topological polar surface area (TPSA) is 81.3 Å². The maximum absolute atomic E-state index is 13.4. The highest BCUT2D eigenvalue weighted by Gasteiger charge is 2.23. The Kier molecular flexibility index (Phi) is 4.26. The van der Waals surface area contributed by atoms with Gasteiger partial charge in [-0.2, -0.15) is 0 Å². The van der Waals surface area contributed by atoms with E-state index < -0.39 is 0 Å². The van der Waals surface area contributed by atoms with E-state index in [0.717, 1.165) is 0 Å². The minimum absolute atomic E-state index is 0.190. The first kappa shape index (κ1) is 18.6. The Bertz CT molecular complexity index is 1490. The van der Waals surface area contributed by atoms with Gasteiger partial charge in [0.2, 0.25) is 0 Å². The summed E-state index contributed by atoms with van der Waals surface area (Å²) in [7, 11) is 1.63. The van der Waals surface area contributed by atoms with Gasteiger partial charge in [-0.25, -0.2) is 14.4 Å². The van der Waals surface area contributed by atoms with Crippen molar-refractivity contribution in [1.82, 2.24) is 18.9 Å². The number of thiazole rings is 1. The van der Waals surface area contributed by atoms with Crippen molar-refractivity contribution in [2.45, 2.75) is 6.92 Å². The van der Waals surface area contributed by atoms with Crippen LogP contribution in [0.5, 0.6) is 0 Å². The van der Waals surface area contributed by atoms with E-state index in [1.165, 1.54) is 45.7 Å². The third-order valence-electron chi connectivity index (χ3n) is 4.83. The third kappa shape index (κ3) is 2.84. The van der Waals surface area contributed by atoms with Gasteiger partial charge in [-0.1, -0.05) is 0 Å². The number of aryl methyl sites for hydroxylation is 2. The van der Waals surface area contributed by atoms with Gasteiger partial charge in [-0.05, 0) is 36.8 Å². The van der Waals surface area contributed by atoms with E-state index in [1.807, 2.05) is 11.6 Å². The standard InChI is InChI=1S/C20H14FN5O2S2/c1-10-13-18(22-9-25(2)19(13)28)30-15(10)17(27)24-16-14(11-3-5-12(21)6-4-11)23-20-26(16)7-8-29-20/h3-9H,1-2H3,(H,24,27). The molecule has 5 aromatic rings. The van der Waals surface area contributed by atoms with Gasteiger partial charge >= 0.3 is 0 Å². The van der Waals surface area contributed by atoms with Crippen LogP contribution in [0.1, 0.15) is 15.2 Å². The highest BCUT2D eigenvalue weighted by Crippen LogP contribution is 2.33. The second-order valence-electron chi connectivity index (χ2n) is 6.72. The zero-order chi connectivity index (χ0) is 21.0. The highest BCUT2D eigenvalue weighted by atomic mass is 32.1. The zero-order valence-corrected chi connectivity index (χ0v) is 17.5. The summed E-state index contributed by atoms with van der Waals surface area (Å²) >= 11 is 2.60. The van der Waals surface area contributed by atoms with Gasteiger partial charge in [0.25, 0.3) is 11.5 Å². The molecule has 0 fully saturated rings. The number of amides is 1. The van der Waals surface area contributed by atoms with Crippen LogP contribution >= 0.6 is 22.7 Å². The maximum Gasteiger partial charge on any atom is 0.267 e. The molecule has 0 bridgehead atoms. The smallest absolute Gasteiger partial charge is 0.267 e. The number of fused-ring (bicyclic) bond motifs is 2. The summed E-state index contributed by atoms with van der Waals surface area (Å²) in [5.74, 6) is -0.213. The van der Waals surface area contributed by atoms with Crippen LogP contribution in [0.3, 0.4) is 0 Å². The largest absolute Gasteiger partial charge is 0.305 e. The van der Waals surface area contributed by atoms with Crippen LogP contribution in [0.4, 0.5) is 10.2 Å². The summed E-state index contributed by atoms with van der Waals surface area (Å²) in [6.07, 6.45) is 3.26. The van der Waals surface area contributed by atoms with E-state index in [1.54, 1.807) is 30.5 Å². The Balaban J connectivity index is 1.61. The molecular formula is C20H14FN5O2S2. The van der Waals surface area contributed by atoms with Crippen LogP contribution in [-0.2, 0) is 7.05 Å². The molecule has 5 rings (SSSR count). The number of halogens is 1. The summed E-state index contributed by atoms with van der Waals surface area (Å²) < 4.78 is 16.5. The fraction of sp³-hybridized carbons (Fsp3) is 0.100. The molecule has 150 valence electrons. The Morgan fingerprint density at radius 3 is 2.77 bits per heavy atom. The lowest BCUT2D eigenvalue weighted by Gasteiger charge is -2.07. The molecule has 7 nitrogen and oxygen atoms in total. The van der Waals surface area contributed by atoms with Crippen molar-refractivity contribution in [2.24, 2.45) is 7.05 Å². The molecule has 0 aliphatic heterocycles. The van der Waals surface area contributed by atoms with Crippen molar-refractivity contribution in [2.75, 3.05) is 5.32 Å². The molecule has 30 heavy (non-hydrogen) atoms. The lowest BCUT2D eigenvalue weighted by molar-refractivity contribution is 0.102. The van der Waals surface area contributed by atoms with Gasteiger partial charge in [0.05, 0.1) is 16.6 Å². The Morgan fingerprint density at radius 1 is 1.23 bits per heavy atom. The van der Waals surface area contributed by atoms with Gasteiger partial charge < -0.3 is 9.88 Å². The van der Waals surface area contributed by atoms with Gasteiger partial charge in [-0.15, -0.1) is 22.7 Å². The van der Waals surface area contributed by atoms with Crippen LogP contribution in [0.15, 0.2) is 47.0 Å². The molecule has 0 unspecified atom stereocenters.